The molecule has 0 aromatic heterocycles. The van der Waals surface area contributed by atoms with E-state index in [9.17, 15) is 4.79 Å². The number of esters is 1. The highest BCUT2D eigenvalue weighted by Gasteiger charge is 2.20. The fourth-order valence-electron chi connectivity index (χ4n) is 2.42. The van der Waals surface area contributed by atoms with Gasteiger partial charge in [0, 0.05) is 6.42 Å². The normalized spacial score (nSPS) is 21.2. The zero-order chi connectivity index (χ0) is 13.9. The predicted molar refractivity (Wildman–Crippen MR) is 79.7 cm³/mol. The SMILES string of the molecule is C=C(CCCCCC)OC(=O)C1CC/C=C\CCC1. The number of ether oxygens (including phenoxy) is 1. The molecule has 1 aliphatic rings. The third kappa shape index (κ3) is 7.19. The molecule has 0 heterocycles. The van der Waals surface area contributed by atoms with Crippen molar-refractivity contribution < 1.29 is 9.53 Å². The molecule has 19 heavy (non-hydrogen) atoms. The fraction of sp³-hybridized carbons (Fsp3) is 0.706. The second-order valence-electron chi connectivity index (χ2n) is 5.45. The molecule has 0 aliphatic heterocycles. The van der Waals surface area contributed by atoms with Gasteiger partial charge in [-0.1, -0.05) is 44.9 Å². The number of carbonyl (C=O) groups is 1. The van der Waals surface area contributed by atoms with Crippen LogP contribution in [0.1, 0.15) is 71.1 Å². The fourth-order valence-corrected chi connectivity index (χ4v) is 2.42. The van der Waals surface area contributed by atoms with E-state index in [1.807, 2.05) is 0 Å². The number of allylic oxidation sites excluding steroid dienone is 3. The lowest BCUT2D eigenvalue weighted by Gasteiger charge is -2.17. The second kappa shape index (κ2) is 9.82. The molecule has 2 heteroatoms. The van der Waals surface area contributed by atoms with Crippen LogP contribution in [-0.2, 0) is 9.53 Å². The summed E-state index contributed by atoms with van der Waals surface area (Å²) in [4.78, 5) is 12.1. The molecule has 0 amide bonds. The van der Waals surface area contributed by atoms with Crippen molar-refractivity contribution in [3.63, 3.8) is 0 Å². The van der Waals surface area contributed by atoms with E-state index in [0.29, 0.717) is 5.76 Å². The van der Waals surface area contributed by atoms with Crippen LogP contribution in [0.2, 0.25) is 0 Å². The van der Waals surface area contributed by atoms with E-state index in [2.05, 4.69) is 25.7 Å². The van der Waals surface area contributed by atoms with E-state index in [1.165, 1.54) is 19.3 Å². The van der Waals surface area contributed by atoms with Crippen LogP contribution >= 0.6 is 0 Å². The summed E-state index contributed by atoms with van der Waals surface area (Å²) < 4.78 is 5.41. The monoisotopic (exact) mass is 264 g/mol. The Morgan fingerprint density at radius 3 is 2.79 bits per heavy atom. The van der Waals surface area contributed by atoms with Crippen molar-refractivity contribution in [2.75, 3.05) is 0 Å². The first-order valence-corrected chi connectivity index (χ1v) is 7.78. The molecule has 0 N–H and O–H groups in total. The Morgan fingerprint density at radius 2 is 2.00 bits per heavy atom. The van der Waals surface area contributed by atoms with E-state index in [1.54, 1.807) is 0 Å². The molecule has 0 bridgehead atoms. The van der Waals surface area contributed by atoms with Crippen molar-refractivity contribution >= 4 is 5.97 Å². The average Bonchev–Trinajstić information content (AvgIpc) is 2.34. The Hall–Kier alpha value is -1.05. The van der Waals surface area contributed by atoms with E-state index in [0.717, 1.165) is 44.9 Å². The number of carbonyl (C=O) groups excluding carboxylic acids is 1. The molecule has 1 atom stereocenters. The standard InChI is InChI=1S/C17H28O2/c1-3-4-5-9-12-15(2)19-17(18)16-13-10-7-6-8-11-14-16/h6-7,16H,2-5,8-14H2,1H3/b7-6-. The van der Waals surface area contributed by atoms with E-state index < -0.39 is 0 Å². The summed E-state index contributed by atoms with van der Waals surface area (Å²) in [5.74, 6) is 0.659. The first kappa shape index (κ1) is 16.0. The van der Waals surface area contributed by atoms with Crippen molar-refractivity contribution in [3.05, 3.63) is 24.5 Å². The molecule has 0 radical (unpaired) electrons. The Bertz CT molecular complexity index is 304. The molecular formula is C17H28O2. The smallest absolute Gasteiger partial charge is 0.313 e. The van der Waals surface area contributed by atoms with Gasteiger partial charge < -0.3 is 4.74 Å². The van der Waals surface area contributed by atoms with E-state index >= 15 is 0 Å². The van der Waals surface area contributed by atoms with Gasteiger partial charge in [0.15, 0.2) is 0 Å². The van der Waals surface area contributed by atoms with Crippen LogP contribution in [0.15, 0.2) is 24.5 Å². The lowest BCUT2D eigenvalue weighted by Crippen LogP contribution is -2.18. The van der Waals surface area contributed by atoms with Gasteiger partial charge in [-0.25, -0.2) is 0 Å². The molecule has 0 spiro atoms. The maximum absolute atomic E-state index is 12.1. The highest BCUT2D eigenvalue weighted by molar-refractivity contribution is 5.73. The maximum Gasteiger partial charge on any atom is 0.313 e. The van der Waals surface area contributed by atoms with Crippen LogP contribution in [0, 0.1) is 5.92 Å². The van der Waals surface area contributed by atoms with Crippen molar-refractivity contribution in [3.8, 4) is 0 Å². The van der Waals surface area contributed by atoms with Gasteiger partial charge >= 0.3 is 5.97 Å². The minimum Gasteiger partial charge on any atom is -0.431 e. The number of hydrogen-bond acceptors (Lipinski definition) is 2. The van der Waals surface area contributed by atoms with Crippen molar-refractivity contribution in [2.24, 2.45) is 5.92 Å². The van der Waals surface area contributed by atoms with Gasteiger partial charge in [0.2, 0.25) is 0 Å². The quantitative estimate of drug-likeness (QED) is 0.275. The minimum atomic E-state index is -0.0595. The summed E-state index contributed by atoms with van der Waals surface area (Å²) in [6.45, 7) is 6.06. The number of unbranched alkanes of at least 4 members (excludes halogenated alkanes) is 3. The zero-order valence-corrected chi connectivity index (χ0v) is 12.3. The van der Waals surface area contributed by atoms with Gasteiger partial charge in [0.05, 0.1) is 5.92 Å². The van der Waals surface area contributed by atoms with Gasteiger partial charge in [-0.15, -0.1) is 0 Å². The van der Waals surface area contributed by atoms with E-state index in [4.69, 9.17) is 4.74 Å². The molecule has 0 aromatic rings. The summed E-state index contributed by atoms with van der Waals surface area (Å²) in [6, 6.07) is 0. The number of hydrogen-bond donors (Lipinski definition) is 0. The molecule has 108 valence electrons. The molecule has 1 aliphatic carbocycles. The first-order chi connectivity index (χ1) is 9.24. The lowest BCUT2D eigenvalue weighted by molar-refractivity contribution is -0.145. The third-order valence-corrected chi connectivity index (χ3v) is 3.66. The van der Waals surface area contributed by atoms with Crippen LogP contribution in [0.4, 0.5) is 0 Å². The molecule has 0 saturated heterocycles. The largest absolute Gasteiger partial charge is 0.431 e. The summed E-state index contributed by atoms with van der Waals surface area (Å²) >= 11 is 0. The Balaban J connectivity index is 2.24. The van der Waals surface area contributed by atoms with Crippen LogP contribution in [0.5, 0.6) is 0 Å². The molecule has 0 fully saturated rings. The highest BCUT2D eigenvalue weighted by Crippen LogP contribution is 2.22. The topological polar surface area (TPSA) is 26.3 Å². The lowest BCUT2D eigenvalue weighted by atomic mass is 9.94. The predicted octanol–water partition coefficient (Wildman–Crippen LogP) is 5.15. The van der Waals surface area contributed by atoms with Crippen molar-refractivity contribution in [1.82, 2.24) is 0 Å². The number of rotatable bonds is 7. The zero-order valence-electron chi connectivity index (χ0n) is 12.3. The average molecular weight is 264 g/mol. The first-order valence-electron chi connectivity index (χ1n) is 7.78. The van der Waals surface area contributed by atoms with Crippen LogP contribution in [-0.4, -0.2) is 5.97 Å². The van der Waals surface area contributed by atoms with Crippen LogP contribution < -0.4 is 0 Å². The van der Waals surface area contributed by atoms with Crippen LogP contribution in [0.25, 0.3) is 0 Å². The van der Waals surface area contributed by atoms with E-state index in [-0.39, 0.29) is 11.9 Å². The summed E-state index contributed by atoms with van der Waals surface area (Å²) in [5, 5.41) is 0. The Morgan fingerprint density at radius 1 is 1.21 bits per heavy atom. The molecule has 1 unspecified atom stereocenters. The Labute approximate surface area is 117 Å². The van der Waals surface area contributed by atoms with Gasteiger partial charge in [0.1, 0.15) is 5.76 Å². The van der Waals surface area contributed by atoms with Crippen LogP contribution in [0.3, 0.4) is 0 Å². The highest BCUT2D eigenvalue weighted by atomic mass is 16.5. The van der Waals surface area contributed by atoms with Gasteiger partial charge in [0.25, 0.3) is 0 Å². The maximum atomic E-state index is 12.1. The van der Waals surface area contributed by atoms with Crippen molar-refractivity contribution in [1.29, 1.82) is 0 Å². The van der Waals surface area contributed by atoms with Gasteiger partial charge in [-0.2, -0.15) is 0 Å². The Kier molecular flexibility index (Phi) is 8.28. The van der Waals surface area contributed by atoms with Gasteiger partial charge in [-0.3, -0.25) is 4.79 Å². The van der Waals surface area contributed by atoms with Gasteiger partial charge in [-0.05, 0) is 38.5 Å². The molecule has 1 rings (SSSR count). The molecule has 2 nitrogen and oxygen atoms in total. The summed E-state index contributed by atoms with van der Waals surface area (Å²) in [6.07, 6.45) is 15.0. The summed E-state index contributed by atoms with van der Waals surface area (Å²) in [7, 11) is 0. The molecular weight excluding hydrogens is 236 g/mol. The minimum absolute atomic E-state index is 0.0595. The van der Waals surface area contributed by atoms with Crippen molar-refractivity contribution in [2.45, 2.75) is 71.1 Å². The second-order valence-corrected chi connectivity index (χ2v) is 5.45. The third-order valence-electron chi connectivity index (χ3n) is 3.66. The molecule has 0 aromatic carbocycles. The molecule has 0 saturated carbocycles. The summed E-state index contributed by atoms with van der Waals surface area (Å²) in [5.41, 5.74) is 0.